The number of epoxide rings is 1. The first-order chi connectivity index (χ1) is 8.09. The van der Waals surface area contributed by atoms with Crippen LogP contribution < -0.4 is 9.46 Å². The zero-order valence-electron chi connectivity index (χ0n) is 9.55. The van der Waals surface area contributed by atoms with Crippen molar-refractivity contribution >= 4 is 15.7 Å². The summed E-state index contributed by atoms with van der Waals surface area (Å²) in [7, 11) is -3.21. The second kappa shape index (κ2) is 4.93. The Balaban J connectivity index is 1.92. The van der Waals surface area contributed by atoms with E-state index in [1.54, 1.807) is 31.2 Å². The van der Waals surface area contributed by atoms with E-state index in [4.69, 9.17) is 9.47 Å². The van der Waals surface area contributed by atoms with Crippen LogP contribution in [0.3, 0.4) is 0 Å². The van der Waals surface area contributed by atoms with Gasteiger partial charge >= 0.3 is 0 Å². The van der Waals surface area contributed by atoms with Gasteiger partial charge in [-0.15, -0.1) is 0 Å². The first-order valence-electron chi connectivity index (χ1n) is 5.44. The third kappa shape index (κ3) is 3.90. The molecule has 1 aliphatic rings. The van der Waals surface area contributed by atoms with Gasteiger partial charge in [0.15, 0.2) is 0 Å². The van der Waals surface area contributed by atoms with Gasteiger partial charge in [0, 0.05) is 5.69 Å². The number of hydrogen-bond donors (Lipinski definition) is 1. The Hall–Kier alpha value is -1.27. The molecule has 5 nitrogen and oxygen atoms in total. The number of benzene rings is 1. The van der Waals surface area contributed by atoms with E-state index in [0.29, 0.717) is 18.0 Å². The van der Waals surface area contributed by atoms with Crippen molar-refractivity contribution in [1.82, 2.24) is 0 Å². The van der Waals surface area contributed by atoms with Gasteiger partial charge in [0.05, 0.1) is 12.4 Å². The second-order valence-electron chi connectivity index (χ2n) is 3.80. The highest BCUT2D eigenvalue weighted by atomic mass is 32.2. The Morgan fingerprint density at radius 2 is 2.06 bits per heavy atom. The Labute approximate surface area is 101 Å². The van der Waals surface area contributed by atoms with Crippen LogP contribution in [-0.4, -0.2) is 33.5 Å². The van der Waals surface area contributed by atoms with Gasteiger partial charge in [-0.2, -0.15) is 0 Å². The molecule has 1 heterocycles. The molecule has 1 saturated heterocycles. The van der Waals surface area contributed by atoms with Crippen LogP contribution in [0.4, 0.5) is 5.69 Å². The van der Waals surface area contributed by atoms with Gasteiger partial charge in [-0.25, -0.2) is 8.42 Å². The molecular weight excluding hydrogens is 242 g/mol. The highest BCUT2D eigenvalue weighted by Gasteiger charge is 2.22. The number of ether oxygens (including phenoxy) is 2. The summed E-state index contributed by atoms with van der Waals surface area (Å²) >= 11 is 0. The maximum atomic E-state index is 11.3. The summed E-state index contributed by atoms with van der Waals surface area (Å²) in [6, 6.07) is 6.82. The fraction of sp³-hybridized carbons (Fsp3) is 0.455. The zero-order chi connectivity index (χ0) is 12.3. The highest BCUT2D eigenvalue weighted by Crippen LogP contribution is 2.18. The summed E-state index contributed by atoms with van der Waals surface area (Å²) in [6.07, 6.45) is 0.216. The maximum absolute atomic E-state index is 11.3. The predicted molar refractivity (Wildman–Crippen MR) is 64.8 cm³/mol. The lowest BCUT2D eigenvalue weighted by molar-refractivity contribution is 0.263. The lowest BCUT2D eigenvalue weighted by Crippen LogP contribution is -2.14. The van der Waals surface area contributed by atoms with Crippen LogP contribution >= 0.6 is 0 Å². The molecule has 1 atom stereocenters. The van der Waals surface area contributed by atoms with E-state index in [1.807, 2.05) is 0 Å². The van der Waals surface area contributed by atoms with Crippen LogP contribution in [0.15, 0.2) is 24.3 Å². The molecule has 1 fully saturated rings. The van der Waals surface area contributed by atoms with Crippen LogP contribution in [0.2, 0.25) is 0 Å². The molecule has 0 saturated carbocycles. The molecule has 0 aromatic heterocycles. The summed E-state index contributed by atoms with van der Waals surface area (Å²) in [4.78, 5) is 0. The summed E-state index contributed by atoms with van der Waals surface area (Å²) in [6.45, 7) is 2.89. The third-order valence-electron chi connectivity index (χ3n) is 2.35. The Kier molecular flexibility index (Phi) is 3.54. The van der Waals surface area contributed by atoms with Crippen molar-refractivity contribution in [3.8, 4) is 5.75 Å². The quantitative estimate of drug-likeness (QED) is 0.778. The fourth-order valence-electron chi connectivity index (χ4n) is 1.22. The Morgan fingerprint density at radius 1 is 1.41 bits per heavy atom. The van der Waals surface area contributed by atoms with Crippen LogP contribution in [0.1, 0.15) is 6.92 Å². The van der Waals surface area contributed by atoms with Crippen LogP contribution in [-0.2, 0) is 14.8 Å². The van der Waals surface area contributed by atoms with Crippen molar-refractivity contribution in [2.24, 2.45) is 0 Å². The fourth-order valence-corrected chi connectivity index (χ4v) is 1.86. The molecule has 17 heavy (non-hydrogen) atoms. The monoisotopic (exact) mass is 257 g/mol. The summed E-state index contributed by atoms with van der Waals surface area (Å²) in [5.41, 5.74) is 0.543. The summed E-state index contributed by atoms with van der Waals surface area (Å²) < 4.78 is 35.6. The molecule has 1 aliphatic heterocycles. The smallest absolute Gasteiger partial charge is 0.232 e. The molecule has 0 bridgehead atoms. The highest BCUT2D eigenvalue weighted by molar-refractivity contribution is 7.92. The molecule has 0 amide bonds. The van der Waals surface area contributed by atoms with E-state index < -0.39 is 10.0 Å². The maximum Gasteiger partial charge on any atom is 0.232 e. The Bertz CT molecular complexity index is 465. The van der Waals surface area contributed by atoms with Crippen LogP contribution in [0.5, 0.6) is 5.75 Å². The minimum Gasteiger partial charge on any atom is -0.491 e. The lowest BCUT2D eigenvalue weighted by Gasteiger charge is -2.07. The summed E-state index contributed by atoms with van der Waals surface area (Å²) in [5.74, 6) is 0.768. The second-order valence-corrected chi connectivity index (χ2v) is 5.81. The molecule has 1 aromatic rings. The lowest BCUT2D eigenvalue weighted by atomic mass is 10.3. The van der Waals surface area contributed by atoms with E-state index in [0.717, 1.165) is 6.61 Å². The van der Waals surface area contributed by atoms with Gasteiger partial charge in [-0.05, 0) is 31.2 Å². The van der Waals surface area contributed by atoms with Crippen molar-refractivity contribution in [3.05, 3.63) is 24.3 Å². The first-order valence-corrected chi connectivity index (χ1v) is 7.09. The van der Waals surface area contributed by atoms with E-state index in [9.17, 15) is 8.42 Å². The number of hydrogen-bond acceptors (Lipinski definition) is 4. The van der Waals surface area contributed by atoms with Crippen LogP contribution in [0, 0.1) is 0 Å². The number of anilines is 1. The molecule has 6 heteroatoms. The molecule has 1 unspecified atom stereocenters. The molecule has 0 radical (unpaired) electrons. The van der Waals surface area contributed by atoms with Gasteiger partial charge in [-0.3, -0.25) is 4.72 Å². The van der Waals surface area contributed by atoms with E-state index >= 15 is 0 Å². The molecular formula is C11H15NO4S. The van der Waals surface area contributed by atoms with Crippen molar-refractivity contribution in [2.45, 2.75) is 13.0 Å². The predicted octanol–water partition coefficient (Wildman–Crippen LogP) is 1.23. The third-order valence-corrected chi connectivity index (χ3v) is 3.65. The SMILES string of the molecule is CCS(=O)(=O)Nc1ccc(OCC2CO2)cc1. The van der Waals surface area contributed by atoms with Crippen molar-refractivity contribution in [1.29, 1.82) is 0 Å². The zero-order valence-corrected chi connectivity index (χ0v) is 10.4. The molecule has 0 spiro atoms. The van der Waals surface area contributed by atoms with Gasteiger partial charge in [0.1, 0.15) is 18.5 Å². The first kappa shape index (κ1) is 12.2. The van der Waals surface area contributed by atoms with Crippen molar-refractivity contribution < 1.29 is 17.9 Å². The van der Waals surface area contributed by atoms with Crippen LogP contribution in [0.25, 0.3) is 0 Å². The van der Waals surface area contributed by atoms with E-state index in [1.165, 1.54) is 0 Å². The van der Waals surface area contributed by atoms with E-state index in [2.05, 4.69) is 4.72 Å². The van der Waals surface area contributed by atoms with E-state index in [-0.39, 0.29) is 11.9 Å². The molecule has 2 rings (SSSR count). The topological polar surface area (TPSA) is 67.9 Å². The van der Waals surface area contributed by atoms with Gasteiger partial charge in [0.2, 0.25) is 10.0 Å². The largest absolute Gasteiger partial charge is 0.491 e. The average Bonchev–Trinajstić information content (AvgIpc) is 3.12. The average molecular weight is 257 g/mol. The van der Waals surface area contributed by atoms with Gasteiger partial charge in [0.25, 0.3) is 0 Å². The van der Waals surface area contributed by atoms with Crippen molar-refractivity contribution in [2.75, 3.05) is 23.7 Å². The molecule has 1 N–H and O–H groups in total. The van der Waals surface area contributed by atoms with Gasteiger partial charge in [-0.1, -0.05) is 0 Å². The standard InChI is InChI=1S/C11H15NO4S/c1-2-17(13,14)12-9-3-5-10(6-4-9)15-7-11-8-16-11/h3-6,11-12H,2,7-8H2,1H3. The number of nitrogens with one attached hydrogen (secondary N) is 1. The van der Waals surface area contributed by atoms with Gasteiger partial charge < -0.3 is 9.47 Å². The number of rotatable bonds is 6. The molecule has 0 aliphatic carbocycles. The van der Waals surface area contributed by atoms with Crippen molar-refractivity contribution in [3.63, 3.8) is 0 Å². The molecule has 1 aromatic carbocycles. The Morgan fingerprint density at radius 3 is 2.59 bits per heavy atom. The molecule has 94 valence electrons. The summed E-state index contributed by atoms with van der Waals surface area (Å²) in [5, 5.41) is 0. The normalized spacial score (nSPS) is 18.8. The number of sulfonamides is 1. The minimum absolute atomic E-state index is 0.0598. The minimum atomic E-state index is -3.21.